The minimum absolute atomic E-state index is 0. The third kappa shape index (κ3) is 18.3. The van der Waals surface area contributed by atoms with Crippen molar-refractivity contribution in [2.24, 2.45) is 11.8 Å². The number of thiophene rings is 1. The average molecular weight is 1080 g/mol. The number of benzene rings is 4. The lowest BCUT2D eigenvalue weighted by Crippen LogP contribution is -2.04. The van der Waals surface area contributed by atoms with Crippen molar-refractivity contribution in [1.82, 2.24) is 0 Å². The molecule has 0 bridgehead atoms. The molecule has 5 aromatic rings. The summed E-state index contributed by atoms with van der Waals surface area (Å²) in [6.45, 7) is 18.1. The standard InChI is InChI=1S/C12H16.2C10H14.C9H11N.C9H10O.C9H12S.C9H10S.5CH4/c1-10-6-2-3-7-11-8-4-5-9-12(10)11;2*1-8-4-2-5-9-6-3-7-10(8)9;2*1-7-6-10-9-5-3-2-4-8(7)9;1-7-3-2-4-9-8(7)5-6-10-9;1-7-6-10-9-5-3-2-4-8(7)9;;;;;/h4-5,8-10H,2-3,6-7H2,1H3;2*3,7-8H,2,4-6H2,1H3;2-5,7,10H,6H2,1H3;2-5,7H,6H2,1H3;5-7H,2-4H2,1H3;2-5,7H,6H2,1H3;5*1H4. The van der Waals surface area contributed by atoms with Gasteiger partial charge in [0, 0.05) is 45.2 Å². The molecule has 2 nitrogen and oxygen atoms in total. The fourth-order valence-corrected chi connectivity index (χ4v) is 14.5. The Morgan fingerprint density at radius 2 is 1.00 bits per heavy atom. The van der Waals surface area contributed by atoms with Crippen molar-refractivity contribution < 1.29 is 4.74 Å². The summed E-state index contributed by atoms with van der Waals surface area (Å²) in [6.07, 6.45) is 29.7. The van der Waals surface area contributed by atoms with Crippen molar-refractivity contribution >= 4 is 28.8 Å². The number of anilines is 1. The first-order chi connectivity index (χ1) is 35.1. The van der Waals surface area contributed by atoms with Crippen LogP contribution in [0.25, 0.3) is 0 Å². The Morgan fingerprint density at radius 1 is 0.455 bits per heavy atom. The number of rotatable bonds is 0. The van der Waals surface area contributed by atoms with Crippen molar-refractivity contribution in [3.63, 3.8) is 0 Å². The number of fused-ring (bicyclic) bond motifs is 5. The molecule has 0 spiro atoms. The van der Waals surface area contributed by atoms with E-state index in [0.717, 1.165) is 48.5 Å². The minimum atomic E-state index is 0. The molecule has 422 valence electrons. The smallest absolute Gasteiger partial charge is 0.122 e. The molecular formula is C73H107NOS2. The molecule has 6 aliphatic carbocycles. The lowest BCUT2D eigenvalue weighted by Gasteiger charge is -2.20. The maximum absolute atomic E-state index is 5.41. The van der Waals surface area contributed by atoms with Crippen LogP contribution in [-0.4, -0.2) is 18.9 Å². The van der Waals surface area contributed by atoms with Crippen LogP contribution in [0.2, 0.25) is 0 Å². The van der Waals surface area contributed by atoms with E-state index in [1.54, 1.807) is 43.9 Å². The van der Waals surface area contributed by atoms with Crippen molar-refractivity contribution in [2.75, 3.05) is 24.2 Å². The van der Waals surface area contributed by atoms with Crippen LogP contribution < -0.4 is 10.1 Å². The number of nitrogens with one attached hydrogen (secondary N) is 1. The van der Waals surface area contributed by atoms with E-state index in [0.29, 0.717) is 11.8 Å². The lowest BCUT2D eigenvalue weighted by molar-refractivity contribution is 0.337. The van der Waals surface area contributed by atoms with Gasteiger partial charge in [0.1, 0.15) is 5.75 Å². The highest BCUT2D eigenvalue weighted by Gasteiger charge is 2.22. The molecule has 1 aromatic heterocycles. The molecule has 7 atom stereocenters. The Bertz CT molecular complexity index is 2450. The summed E-state index contributed by atoms with van der Waals surface area (Å²) in [5.41, 5.74) is 17.2. The Labute approximate surface area is 482 Å². The highest BCUT2D eigenvalue weighted by Crippen LogP contribution is 2.40. The minimum Gasteiger partial charge on any atom is -0.493 e. The van der Waals surface area contributed by atoms with Crippen molar-refractivity contribution in [2.45, 2.75) is 216 Å². The molecular weight excluding hydrogens is 971 g/mol. The van der Waals surface area contributed by atoms with E-state index in [1.807, 2.05) is 35.2 Å². The molecule has 0 saturated heterocycles. The summed E-state index contributed by atoms with van der Waals surface area (Å²) in [7, 11) is 0. The monoisotopic (exact) mass is 1080 g/mol. The highest BCUT2D eigenvalue weighted by atomic mass is 32.2. The van der Waals surface area contributed by atoms with Gasteiger partial charge in [0.05, 0.1) is 6.61 Å². The van der Waals surface area contributed by atoms with E-state index in [1.165, 1.54) is 129 Å². The molecule has 0 amide bonds. The van der Waals surface area contributed by atoms with Gasteiger partial charge in [0.25, 0.3) is 0 Å². The van der Waals surface area contributed by atoms with Crippen molar-refractivity contribution in [1.29, 1.82) is 0 Å². The van der Waals surface area contributed by atoms with Crippen LogP contribution in [0.4, 0.5) is 5.69 Å². The molecule has 77 heavy (non-hydrogen) atoms. The second-order valence-corrected chi connectivity index (χ2v) is 24.3. The number of thioether (sulfide) groups is 1. The van der Waals surface area contributed by atoms with Crippen LogP contribution in [0.3, 0.4) is 0 Å². The summed E-state index contributed by atoms with van der Waals surface area (Å²) >= 11 is 3.91. The Morgan fingerprint density at radius 3 is 1.62 bits per heavy atom. The maximum Gasteiger partial charge on any atom is 0.122 e. The number of aryl methyl sites for hydroxylation is 2. The molecule has 1 N–H and O–H groups in total. The number of hydrogen-bond donors (Lipinski definition) is 1. The van der Waals surface area contributed by atoms with E-state index in [2.05, 4.69) is 174 Å². The fourth-order valence-electron chi connectivity index (χ4n) is 12.2. The molecule has 4 aromatic carbocycles. The van der Waals surface area contributed by atoms with Gasteiger partial charge in [-0.1, -0.05) is 206 Å². The first kappa shape index (κ1) is 66.8. The Hall–Kier alpha value is -4.51. The van der Waals surface area contributed by atoms with Gasteiger partial charge in [-0.15, -0.1) is 23.1 Å². The second-order valence-electron chi connectivity index (χ2n) is 22.2. The third-order valence-corrected chi connectivity index (χ3v) is 19.0. The molecule has 14 rings (SSSR count). The zero-order chi connectivity index (χ0) is 50.2. The lowest BCUT2D eigenvalue weighted by atomic mass is 9.86. The summed E-state index contributed by atoms with van der Waals surface area (Å²) in [4.78, 5) is 3.12. The van der Waals surface area contributed by atoms with Gasteiger partial charge in [-0.3, -0.25) is 0 Å². The van der Waals surface area contributed by atoms with Crippen LogP contribution in [0.15, 0.2) is 160 Å². The normalized spacial score (nSPS) is 23.4. The molecule has 0 radical (unpaired) electrons. The Balaban J connectivity index is 0.000000234. The van der Waals surface area contributed by atoms with Gasteiger partial charge in [-0.2, -0.15) is 0 Å². The molecule has 7 unspecified atom stereocenters. The van der Waals surface area contributed by atoms with Crippen LogP contribution in [-0.2, 0) is 12.8 Å². The predicted molar refractivity (Wildman–Crippen MR) is 349 cm³/mol. The van der Waals surface area contributed by atoms with Crippen molar-refractivity contribution in [3.8, 4) is 5.75 Å². The highest BCUT2D eigenvalue weighted by molar-refractivity contribution is 7.99. The SMILES string of the molecule is C.C.C.C.C.CC1CCCC2=C1C=CC2.CC1CCCC2=C1C=CC2.CC1CCCCc2ccccc21.CC1CCCc2sccc21.CC1CNc2ccccc21.CC1COc2ccccc21.CC1CSc2ccccc21. The summed E-state index contributed by atoms with van der Waals surface area (Å²) in [6, 6.07) is 36.6. The fraction of sp³-hybridized carbons (Fsp3) is 0.507. The summed E-state index contributed by atoms with van der Waals surface area (Å²) in [5, 5.41) is 5.58. The van der Waals surface area contributed by atoms with Gasteiger partial charge in [-0.25, -0.2) is 0 Å². The van der Waals surface area contributed by atoms with Crippen molar-refractivity contribution in [3.05, 3.63) is 193 Å². The van der Waals surface area contributed by atoms with E-state index in [9.17, 15) is 0 Å². The summed E-state index contributed by atoms with van der Waals surface area (Å²) < 4.78 is 5.41. The number of ether oxygens (including phenoxy) is 1. The van der Waals surface area contributed by atoms with Gasteiger partial charge < -0.3 is 10.1 Å². The molecule has 0 fully saturated rings. The first-order valence-corrected chi connectivity index (χ1v) is 30.2. The third-order valence-electron chi connectivity index (χ3n) is 16.7. The van der Waals surface area contributed by atoms with Gasteiger partial charge >= 0.3 is 0 Å². The molecule has 4 heteroatoms. The largest absolute Gasteiger partial charge is 0.493 e. The van der Waals surface area contributed by atoms with Gasteiger partial charge in [0.15, 0.2) is 0 Å². The van der Waals surface area contributed by atoms with Crippen LogP contribution in [0, 0.1) is 11.8 Å². The second kappa shape index (κ2) is 33.8. The maximum atomic E-state index is 5.41. The topological polar surface area (TPSA) is 21.3 Å². The average Bonchev–Trinajstić information content (AvgIpc) is 4.30. The molecule has 9 aliphatic rings. The molecule has 4 heterocycles. The quantitative estimate of drug-likeness (QED) is 0.156. The van der Waals surface area contributed by atoms with E-state index in [4.69, 9.17) is 4.74 Å². The van der Waals surface area contributed by atoms with Crippen LogP contribution in [0.1, 0.15) is 237 Å². The number of hydrogen-bond acceptors (Lipinski definition) is 4. The van der Waals surface area contributed by atoms with E-state index < -0.39 is 0 Å². The first-order valence-electron chi connectivity index (χ1n) is 28.3. The van der Waals surface area contributed by atoms with Gasteiger partial charge in [-0.05, 0) is 188 Å². The number of allylic oxidation sites excluding steroid dienone is 8. The van der Waals surface area contributed by atoms with E-state index in [-0.39, 0.29) is 37.1 Å². The number of para-hydroxylation sites is 2. The Kier molecular flexibility index (Phi) is 29.3. The molecule has 0 saturated carbocycles. The van der Waals surface area contributed by atoms with Crippen LogP contribution >= 0.6 is 23.1 Å². The van der Waals surface area contributed by atoms with Crippen LogP contribution in [0.5, 0.6) is 5.75 Å². The van der Waals surface area contributed by atoms with Gasteiger partial charge in [0.2, 0.25) is 0 Å². The molecule has 3 aliphatic heterocycles. The predicted octanol–water partition coefficient (Wildman–Crippen LogP) is 23.3. The summed E-state index contributed by atoms with van der Waals surface area (Å²) in [5.74, 6) is 7.67. The zero-order valence-corrected chi connectivity index (χ0v) is 46.8. The zero-order valence-electron chi connectivity index (χ0n) is 45.2. The van der Waals surface area contributed by atoms with E-state index >= 15 is 0 Å².